The third-order valence-corrected chi connectivity index (χ3v) is 8.37. The molecule has 3 saturated heterocycles. The van der Waals surface area contributed by atoms with Crippen molar-refractivity contribution in [2.24, 2.45) is 11.8 Å². The smallest absolute Gasteiger partial charge is 0.318 e. The molecule has 3 fully saturated rings. The second-order valence-electron chi connectivity index (χ2n) is 11.1. The van der Waals surface area contributed by atoms with Crippen LogP contribution >= 0.6 is 0 Å². The monoisotopic (exact) mass is 543 g/mol. The number of carbonyl (C=O) groups excluding carboxylic acids is 5. The van der Waals surface area contributed by atoms with E-state index in [1.807, 2.05) is 19.1 Å². The van der Waals surface area contributed by atoms with Crippen LogP contribution in [0.15, 0.2) is 23.4 Å². The average Bonchev–Trinajstić information content (AvgIpc) is 3.54. The predicted molar refractivity (Wildman–Crippen MR) is 143 cm³/mol. The molecule has 0 aromatic heterocycles. The molecule has 11 heteroatoms. The average molecular weight is 544 g/mol. The van der Waals surface area contributed by atoms with E-state index in [9.17, 15) is 24.0 Å². The lowest BCUT2D eigenvalue weighted by molar-refractivity contribution is -0.145. The van der Waals surface area contributed by atoms with Gasteiger partial charge in [0, 0.05) is 24.7 Å². The SMILES string of the molecule is CN[C@@H](C)C(=O)N[C@H]1CCCC[C@H]2CC[C@@H](C(=O)NCC3=CCC(C)C(NC(=O)C4CCOC4=O)=C3)N2C1=O. The molecule has 4 rings (SSSR count). The number of hydrogen-bond acceptors (Lipinski definition) is 7. The highest BCUT2D eigenvalue weighted by Gasteiger charge is 2.44. The van der Waals surface area contributed by atoms with E-state index >= 15 is 0 Å². The summed E-state index contributed by atoms with van der Waals surface area (Å²) in [4.78, 5) is 65.5. The van der Waals surface area contributed by atoms with Crippen LogP contribution in [0.2, 0.25) is 0 Å². The first-order chi connectivity index (χ1) is 18.7. The number of hydrogen-bond donors (Lipinski definition) is 4. The minimum Gasteiger partial charge on any atom is -0.465 e. The molecule has 0 bridgehead atoms. The molecule has 2 unspecified atom stereocenters. The molecule has 3 heterocycles. The normalized spacial score (nSPS) is 29.7. The van der Waals surface area contributed by atoms with Crippen molar-refractivity contribution in [2.75, 3.05) is 20.2 Å². The van der Waals surface area contributed by atoms with Crippen molar-refractivity contribution >= 4 is 29.6 Å². The Morgan fingerprint density at radius 3 is 2.56 bits per heavy atom. The molecule has 39 heavy (non-hydrogen) atoms. The molecule has 3 aliphatic heterocycles. The summed E-state index contributed by atoms with van der Waals surface area (Å²) in [6.45, 7) is 4.25. The van der Waals surface area contributed by atoms with Crippen molar-refractivity contribution in [1.82, 2.24) is 26.2 Å². The van der Waals surface area contributed by atoms with E-state index in [0.29, 0.717) is 31.4 Å². The van der Waals surface area contributed by atoms with Crippen LogP contribution in [0.3, 0.4) is 0 Å². The summed E-state index contributed by atoms with van der Waals surface area (Å²) >= 11 is 0. The minimum absolute atomic E-state index is 0.00610. The first-order valence-electron chi connectivity index (χ1n) is 14.1. The van der Waals surface area contributed by atoms with Crippen LogP contribution < -0.4 is 21.3 Å². The van der Waals surface area contributed by atoms with Crippen LogP contribution in [0, 0.1) is 11.8 Å². The Labute approximate surface area is 229 Å². The van der Waals surface area contributed by atoms with Gasteiger partial charge in [0.1, 0.15) is 18.0 Å². The number of nitrogens with one attached hydrogen (secondary N) is 4. The first-order valence-corrected chi connectivity index (χ1v) is 14.1. The van der Waals surface area contributed by atoms with Crippen LogP contribution in [0.25, 0.3) is 0 Å². The maximum absolute atomic E-state index is 13.6. The summed E-state index contributed by atoms with van der Waals surface area (Å²) in [7, 11) is 1.70. The number of ether oxygens (including phenoxy) is 1. The Morgan fingerprint density at radius 2 is 1.85 bits per heavy atom. The minimum atomic E-state index is -0.784. The van der Waals surface area contributed by atoms with Gasteiger partial charge in [-0.2, -0.15) is 0 Å². The number of amides is 4. The van der Waals surface area contributed by atoms with Gasteiger partial charge >= 0.3 is 5.97 Å². The van der Waals surface area contributed by atoms with Gasteiger partial charge in [0.2, 0.25) is 23.6 Å². The molecule has 0 aromatic carbocycles. The molecule has 0 saturated carbocycles. The van der Waals surface area contributed by atoms with E-state index in [1.54, 1.807) is 18.9 Å². The van der Waals surface area contributed by atoms with Crippen molar-refractivity contribution in [3.63, 3.8) is 0 Å². The van der Waals surface area contributed by atoms with E-state index in [-0.39, 0.29) is 48.7 Å². The number of rotatable bonds is 8. The number of fused-ring (bicyclic) bond motifs is 1. The second kappa shape index (κ2) is 12.8. The lowest BCUT2D eigenvalue weighted by Crippen LogP contribution is -2.58. The fraction of sp³-hybridized carbons (Fsp3) is 0.679. The van der Waals surface area contributed by atoms with Crippen LogP contribution in [-0.2, 0) is 28.7 Å². The first kappa shape index (κ1) is 28.8. The Kier molecular flexibility index (Phi) is 9.42. The highest BCUT2D eigenvalue weighted by Crippen LogP contribution is 2.31. The molecule has 1 aliphatic carbocycles. The van der Waals surface area contributed by atoms with Gasteiger partial charge in [0.15, 0.2) is 0 Å². The molecule has 0 aromatic rings. The summed E-state index contributed by atoms with van der Waals surface area (Å²) in [5.41, 5.74) is 1.56. The predicted octanol–water partition coefficient (Wildman–Crippen LogP) is 0.658. The van der Waals surface area contributed by atoms with Gasteiger partial charge < -0.3 is 30.9 Å². The zero-order valence-electron chi connectivity index (χ0n) is 23.1. The summed E-state index contributed by atoms with van der Waals surface area (Å²) in [5.74, 6) is -2.20. The molecule has 4 aliphatic rings. The lowest BCUT2D eigenvalue weighted by Gasteiger charge is -2.35. The Hall–Kier alpha value is -3.21. The molecule has 4 amide bonds. The quantitative estimate of drug-likeness (QED) is 0.260. The number of allylic oxidation sites excluding steroid dienone is 2. The van der Waals surface area contributed by atoms with Gasteiger partial charge in [-0.3, -0.25) is 24.0 Å². The third kappa shape index (κ3) is 6.69. The van der Waals surface area contributed by atoms with Gasteiger partial charge in [0.25, 0.3) is 0 Å². The second-order valence-corrected chi connectivity index (χ2v) is 11.1. The molecule has 11 nitrogen and oxygen atoms in total. The summed E-state index contributed by atoms with van der Waals surface area (Å²) in [5, 5.41) is 11.6. The van der Waals surface area contributed by atoms with Crippen LogP contribution in [0.5, 0.6) is 0 Å². The van der Waals surface area contributed by atoms with Crippen LogP contribution in [0.4, 0.5) is 0 Å². The Morgan fingerprint density at radius 1 is 1.08 bits per heavy atom. The maximum atomic E-state index is 13.6. The Bertz CT molecular complexity index is 1060. The lowest BCUT2D eigenvalue weighted by atomic mass is 9.94. The zero-order chi connectivity index (χ0) is 28.1. The van der Waals surface area contributed by atoms with Crippen molar-refractivity contribution in [3.8, 4) is 0 Å². The largest absolute Gasteiger partial charge is 0.465 e. The van der Waals surface area contributed by atoms with Gasteiger partial charge in [-0.1, -0.05) is 25.8 Å². The number of cyclic esters (lactones) is 1. The van der Waals surface area contributed by atoms with Gasteiger partial charge in [-0.05, 0) is 63.6 Å². The molecule has 4 N–H and O–H groups in total. The number of nitrogens with zero attached hydrogens (tertiary/aromatic N) is 1. The van der Waals surface area contributed by atoms with Gasteiger partial charge in [-0.15, -0.1) is 0 Å². The fourth-order valence-corrected chi connectivity index (χ4v) is 5.76. The number of likely N-dealkylation sites (N-methyl/N-ethyl adjacent to an activating group) is 1. The highest BCUT2D eigenvalue weighted by molar-refractivity contribution is 5.99. The fourth-order valence-electron chi connectivity index (χ4n) is 5.76. The summed E-state index contributed by atoms with van der Waals surface area (Å²) < 4.78 is 4.91. The Balaban J connectivity index is 1.38. The number of carbonyl (C=O) groups is 5. The van der Waals surface area contributed by atoms with Crippen molar-refractivity contribution in [2.45, 2.75) is 89.4 Å². The zero-order valence-corrected chi connectivity index (χ0v) is 23.1. The highest BCUT2D eigenvalue weighted by atomic mass is 16.5. The van der Waals surface area contributed by atoms with E-state index < -0.39 is 30.0 Å². The van der Waals surface area contributed by atoms with Gasteiger partial charge in [-0.25, -0.2) is 0 Å². The van der Waals surface area contributed by atoms with Gasteiger partial charge in [0.05, 0.1) is 12.6 Å². The maximum Gasteiger partial charge on any atom is 0.318 e. The molecule has 0 spiro atoms. The van der Waals surface area contributed by atoms with Crippen LogP contribution in [-0.4, -0.2) is 78.9 Å². The van der Waals surface area contributed by atoms with E-state index in [1.165, 1.54) is 0 Å². The molecule has 0 radical (unpaired) electrons. The van der Waals surface area contributed by atoms with Crippen molar-refractivity contribution < 1.29 is 28.7 Å². The molecular formula is C28H41N5O6. The third-order valence-electron chi connectivity index (χ3n) is 8.37. The van der Waals surface area contributed by atoms with Crippen LogP contribution in [0.1, 0.15) is 65.2 Å². The van der Waals surface area contributed by atoms with E-state index in [4.69, 9.17) is 4.74 Å². The standard InChI is InChI=1S/C28H41N5O6/c1-16-8-9-18(14-22(16)32-25(35)20-12-13-39-28(20)38)15-30-26(36)23-11-10-19-6-4-5-7-21(27(37)33(19)23)31-24(34)17(2)29-3/h9,14,16-17,19-21,23,29H,4-8,10-13,15H2,1-3H3,(H,30,36)(H,31,34)(H,32,35)/t16?,17-,19-,20?,21-,23-/m0/s1. The molecule has 214 valence electrons. The molecule has 6 atom stereocenters. The summed E-state index contributed by atoms with van der Waals surface area (Å²) in [6.07, 6.45) is 9.49. The van der Waals surface area contributed by atoms with Crippen molar-refractivity contribution in [3.05, 3.63) is 23.4 Å². The molecular weight excluding hydrogens is 502 g/mol. The number of esters is 1. The van der Waals surface area contributed by atoms with E-state index in [2.05, 4.69) is 21.3 Å². The summed E-state index contributed by atoms with van der Waals surface area (Å²) in [6, 6.07) is -1.65. The van der Waals surface area contributed by atoms with E-state index in [0.717, 1.165) is 31.3 Å². The van der Waals surface area contributed by atoms with Crippen molar-refractivity contribution in [1.29, 1.82) is 0 Å². The topological polar surface area (TPSA) is 146 Å².